The molecule has 1 heterocycles. The Kier molecular flexibility index (Phi) is 5.83. The van der Waals surface area contributed by atoms with Crippen LogP contribution in [0.2, 0.25) is 0 Å². The molecule has 2 aromatic rings. The molecule has 1 atom stereocenters. The maximum atomic E-state index is 12.1. The van der Waals surface area contributed by atoms with Crippen molar-refractivity contribution in [3.8, 4) is 5.75 Å². The zero-order chi connectivity index (χ0) is 18.5. The lowest BCUT2D eigenvalue weighted by Crippen LogP contribution is -2.41. The highest BCUT2D eigenvalue weighted by Gasteiger charge is 2.29. The lowest BCUT2D eigenvalue weighted by Gasteiger charge is -2.25. The molecule has 0 saturated carbocycles. The molecular formula is C20H22N2O3S. The van der Waals surface area contributed by atoms with Gasteiger partial charge in [0.1, 0.15) is 5.75 Å². The SMILES string of the molecule is CSc1ccc(CCNC(=O)C[C@H]2Oc3ccc(C)cc3NC2=O)cc1. The van der Waals surface area contributed by atoms with Crippen LogP contribution in [0.5, 0.6) is 5.75 Å². The number of aryl methyl sites for hydroxylation is 1. The summed E-state index contributed by atoms with van der Waals surface area (Å²) in [5, 5.41) is 5.66. The number of carbonyl (C=O) groups is 2. The van der Waals surface area contributed by atoms with E-state index in [9.17, 15) is 9.59 Å². The summed E-state index contributed by atoms with van der Waals surface area (Å²) in [6, 6.07) is 13.8. The quantitative estimate of drug-likeness (QED) is 0.767. The predicted molar refractivity (Wildman–Crippen MR) is 104 cm³/mol. The topological polar surface area (TPSA) is 67.4 Å². The Bertz CT molecular complexity index is 805. The van der Waals surface area contributed by atoms with Gasteiger partial charge in [-0.05, 0) is 55.0 Å². The highest BCUT2D eigenvalue weighted by atomic mass is 32.2. The van der Waals surface area contributed by atoms with Gasteiger partial charge in [0.2, 0.25) is 5.91 Å². The standard InChI is InChI=1S/C20H22N2O3S/c1-13-3-8-17-16(11-13)22-20(24)18(25-17)12-19(23)21-10-9-14-4-6-15(26-2)7-5-14/h3-8,11,18H,9-10,12H2,1-2H3,(H,21,23)(H,22,24)/t18-/m1/s1. The number of anilines is 1. The number of amides is 2. The molecule has 136 valence electrons. The van der Waals surface area contributed by atoms with Crippen molar-refractivity contribution in [2.45, 2.75) is 30.8 Å². The maximum absolute atomic E-state index is 12.1. The molecule has 0 radical (unpaired) electrons. The first kappa shape index (κ1) is 18.3. The Morgan fingerprint density at radius 2 is 2.00 bits per heavy atom. The second kappa shape index (κ2) is 8.27. The Morgan fingerprint density at radius 3 is 2.73 bits per heavy atom. The molecule has 0 bridgehead atoms. The highest BCUT2D eigenvalue weighted by molar-refractivity contribution is 7.98. The second-order valence-electron chi connectivity index (χ2n) is 6.25. The first-order valence-electron chi connectivity index (χ1n) is 8.53. The van der Waals surface area contributed by atoms with Crippen molar-refractivity contribution in [2.75, 3.05) is 18.1 Å². The molecule has 3 rings (SSSR count). The molecule has 0 aromatic heterocycles. The third kappa shape index (κ3) is 4.58. The zero-order valence-corrected chi connectivity index (χ0v) is 15.7. The van der Waals surface area contributed by atoms with E-state index in [0.29, 0.717) is 18.0 Å². The van der Waals surface area contributed by atoms with Crippen LogP contribution in [0.15, 0.2) is 47.4 Å². The molecule has 2 N–H and O–H groups in total. The van der Waals surface area contributed by atoms with E-state index in [4.69, 9.17) is 4.74 Å². The summed E-state index contributed by atoms with van der Waals surface area (Å²) in [5.41, 5.74) is 2.86. The van der Waals surface area contributed by atoms with Gasteiger partial charge in [-0.15, -0.1) is 11.8 Å². The third-order valence-electron chi connectivity index (χ3n) is 4.22. The lowest BCUT2D eigenvalue weighted by molar-refractivity contribution is -0.130. The van der Waals surface area contributed by atoms with E-state index in [1.54, 1.807) is 11.8 Å². The molecule has 26 heavy (non-hydrogen) atoms. The fraction of sp³-hybridized carbons (Fsp3) is 0.300. The minimum atomic E-state index is -0.800. The third-order valence-corrected chi connectivity index (χ3v) is 4.96. The van der Waals surface area contributed by atoms with Gasteiger partial charge in [-0.25, -0.2) is 0 Å². The Labute approximate surface area is 157 Å². The predicted octanol–water partition coefficient (Wildman–Crippen LogP) is 3.17. The monoisotopic (exact) mass is 370 g/mol. The number of thioether (sulfide) groups is 1. The van der Waals surface area contributed by atoms with E-state index in [0.717, 1.165) is 12.0 Å². The van der Waals surface area contributed by atoms with Gasteiger partial charge in [-0.2, -0.15) is 0 Å². The number of nitrogens with one attached hydrogen (secondary N) is 2. The second-order valence-corrected chi connectivity index (χ2v) is 7.13. The van der Waals surface area contributed by atoms with E-state index in [2.05, 4.69) is 34.9 Å². The molecule has 0 fully saturated rings. The van der Waals surface area contributed by atoms with Crippen LogP contribution < -0.4 is 15.4 Å². The summed E-state index contributed by atoms with van der Waals surface area (Å²) < 4.78 is 5.68. The van der Waals surface area contributed by atoms with Crippen molar-refractivity contribution in [2.24, 2.45) is 0 Å². The number of fused-ring (bicyclic) bond motifs is 1. The van der Waals surface area contributed by atoms with E-state index in [1.165, 1.54) is 10.5 Å². The molecule has 2 aromatic carbocycles. The summed E-state index contributed by atoms with van der Waals surface area (Å²) in [6.07, 6.45) is 1.99. The summed E-state index contributed by atoms with van der Waals surface area (Å²) in [4.78, 5) is 25.5. The van der Waals surface area contributed by atoms with Crippen LogP contribution >= 0.6 is 11.8 Å². The molecule has 0 spiro atoms. The van der Waals surface area contributed by atoms with E-state index < -0.39 is 6.10 Å². The summed E-state index contributed by atoms with van der Waals surface area (Å²) >= 11 is 1.70. The van der Waals surface area contributed by atoms with Crippen molar-refractivity contribution < 1.29 is 14.3 Å². The molecule has 1 aliphatic heterocycles. The molecule has 5 nitrogen and oxygen atoms in total. The number of ether oxygens (including phenoxy) is 1. The first-order chi connectivity index (χ1) is 12.5. The molecule has 6 heteroatoms. The van der Waals surface area contributed by atoms with Gasteiger partial charge in [0.25, 0.3) is 5.91 Å². The van der Waals surface area contributed by atoms with Gasteiger partial charge in [-0.3, -0.25) is 9.59 Å². The molecular weight excluding hydrogens is 348 g/mol. The van der Waals surface area contributed by atoms with E-state index >= 15 is 0 Å². The van der Waals surface area contributed by atoms with Crippen LogP contribution in [0.25, 0.3) is 0 Å². The smallest absolute Gasteiger partial charge is 0.266 e. The van der Waals surface area contributed by atoms with Gasteiger partial charge in [-0.1, -0.05) is 18.2 Å². The average molecular weight is 370 g/mol. The van der Waals surface area contributed by atoms with Crippen LogP contribution in [0.4, 0.5) is 5.69 Å². The molecule has 1 aliphatic rings. The van der Waals surface area contributed by atoms with Gasteiger partial charge in [0.15, 0.2) is 6.10 Å². The fourth-order valence-electron chi connectivity index (χ4n) is 2.78. The molecule has 0 saturated heterocycles. The minimum absolute atomic E-state index is 0.00453. The maximum Gasteiger partial charge on any atom is 0.266 e. The van der Waals surface area contributed by atoms with Crippen molar-refractivity contribution in [1.29, 1.82) is 0 Å². The van der Waals surface area contributed by atoms with Gasteiger partial charge in [0.05, 0.1) is 12.1 Å². The van der Waals surface area contributed by atoms with Gasteiger partial charge >= 0.3 is 0 Å². The zero-order valence-electron chi connectivity index (χ0n) is 14.9. The average Bonchev–Trinajstić information content (AvgIpc) is 2.63. The number of hydrogen-bond donors (Lipinski definition) is 2. The highest BCUT2D eigenvalue weighted by Crippen LogP contribution is 2.30. The van der Waals surface area contributed by atoms with E-state index in [1.807, 2.05) is 31.4 Å². The molecule has 0 aliphatic carbocycles. The Balaban J connectivity index is 1.48. The minimum Gasteiger partial charge on any atom is -0.478 e. The largest absolute Gasteiger partial charge is 0.478 e. The van der Waals surface area contributed by atoms with Crippen LogP contribution in [0.3, 0.4) is 0 Å². The number of benzene rings is 2. The summed E-state index contributed by atoms with van der Waals surface area (Å²) in [6.45, 7) is 2.47. The van der Waals surface area contributed by atoms with Crippen LogP contribution in [0, 0.1) is 6.92 Å². The van der Waals surface area contributed by atoms with Gasteiger partial charge in [0, 0.05) is 11.4 Å². The summed E-state index contributed by atoms with van der Waals surface area (Å²) in [7, 11) is 0. The number of carbonyl (C=O) groups excluding carboxylic acids is 2. The normalized spacial score (nSPS) is 15.6. The number of hydrogen-bond acceptors (Lipinski definition) is 4. The van der Waals surface area contributed by atoms with Crippen molar-refractivity contribution >= 4 is 29.3 Å². The van der Waals surface area contributed by atoms with Crippen molar-refractivity contribution in [3.63, 3.8) is 0 Å². The molecule has 2 amide bonds. The first-order valence-corrected chi connectivity index (χ1v) is 9.75. The van der Waals surface area contributed by atoms with Crippen molar-refractivity contribution in [1.82, 2.24) is 5.32 Å². The Morgan fingerprint density at radius 1 is 1.23 bits per heavy atom. The van der Waals surface area contributed by atoms with Crippen molar-refractivity contribution in [3.05, 3.63) is 53.6 Å². The lowest BCUT2D eigenvalue weighted by atomic mass is 10.1. The Hall–Kier alpha value is -2.47. The van der Waals surface area contributed by atoms with Gasteiger partial charge < -0.3 is 15.4 Å². The molecule has 0 unspecified atom stereocenters. The fourth-order valence-corrected chi connectivity index (χ4v) is 3.19. The van der Waals surface area contributed by atoms with Crippen LogP contribution in [0.1, 0.15) is 17.5 Å². The number of rotatable bonds is 6. The van der Waals surface area contributed by atoms with E-state index in [-0.39, 0.29) is 18.2 Å². The van der Waals surface area contributed by atoms with Crippen LogP contribution in [-0.2, 0) is 16.0 Å². The summed E-state index contributed by atoms with van der Waals surface area (Å²) in [5.74, 6) is 0.120. The van der Waals surface area contributed by atoms with Crippen LogP contribution in [-0.4, -0.2) is 30.7 Å².